The van der Waals surface area contributed by atoms with E-state index < -0.39 is 0 Å². The Kier molecular flexibility index (Phi) is 5.06. The highest BCUT2D eigenvalue weighted by Crippen LogP contribution is 2.30. The number of thioether (sulfide) groups is 1. The topological polar surface area (TPSA) is 35.6 Å². The van der Waals surface area contributed by atoms with Crippen molar-refractivity contribution in [1.82, 2.24) is 5.01 Å². The average molecular weight is 358 g/mol. The number of anilines is 2. The summed E-state index contributed by atoms with van der Waals surface area (Å²) in [6, 6.07) is 17.9. The molecule has 1 atom stereocenters. The van der Waals surface area contributed by atoms with Crippen LogP contribution < -0.4 is 10.3 Å². The maximum Gasteiger partial charge on any atom is 0.262 e. The highest BCUT2D eigenvalue weighted by atomic mass is 32.2. The van der Waals surface area contributed by atoms with Crippen molar-refractivity contribution in [2.24, 2.45) is 0 Å². The monoisotopic (exact) mass is 357 g/mol. The fraction of sp³-hybridized carbons (Fsp3) is 0.222. The molecule has 1 aliphatic heterocycles. The molecule has 1 saturated heterocycles. The molecular formula is C18H19N3OS2. The van der Waals surface area contributed by atoms with Gasteiger partial charge in [0.05, 0.1) is 5.69 Å². The number of hydrazine groups is 1. The van der Waals surface area contributed by atoms with Crippen LogP contribution in [0.2, 0.25) is 0 Å². The van der Waals surface area contributed by atoms with Gasteiger partial charge in [-0.15, -0.1) is 0 Å². The minimum Gasteiger partial charge on any atom is -0.383 e. The van der Waals surface area contributed by atoms with Crippen molar-refractivity contribution in [3.05, 3.63) is 60.2 Å². The van der Waals surface area contributed by atoms with E-state index in [0.29, 0.717) is 10.9 Å². The molecule has 1 amide bonds. The van der Waals surface area contributed by atoms with E-state index in [0.717, 1.165) is 11.4 Å². The Morgan fingerprint density at radius 1 is 1.17 bits per heavy atom. The van der Waals surface area contributed by atoms with Crippen LogP contribution in [0, 0.1) is 6.92 Å². The van der Waals surface area contributed by atoms with Crippen LogP contribution in [0.15, 0.2) is 54.6 Å². The number of nitrogens with zero attached hydrogens (tertiary/aromatic N) is 2. The molecule has 0 saturated carbocycles. The maximum absolute atomic E-state index is 12.7. The summed E-state index contributed by atoms with van der Waals surface area (Å²) in [5.41, 5.74) is 3.15. The van der Waals surface area contributed by atoms with Crippen LogP contribution in [-0.2, 0) is 4.79 Å². The van der Waals surface area contributed by atoms with Gasteiger partial charge in [-0.3, -0.25) is 9.80 Å². The lowest BCUT2D eigenvalue weighted by atomic mass is 10.2. The van der Waals surface area contributed by atoms with Crippen molar-refractivity contribution in [2.75, 3.05) is 23.9 Å². The highest BCUT2D eigenvalue weighted by Gasteiger charge is 2.39. The van der Waals surface area contributed by atoms with Crippen LogP contribution in [0.25, 0.3) is 0 Å². The lowest BCUT2D eigenvalue weighted by Gasteiger charge is -2.29. The lowest BCUT2D eigenvalue weighted by Crippen LogP contribution is -2.45. The predicted molar refractivity (Wildman–Crippen MR) is 105 cm³/mol. The second-order valence-electron chi connectivity index (χ2n) is 5.63. The Balaban J connectivity index is 1.66. The molecule has 0 aliphatic carbocycles. The number of carbonyl (C=O) groups excluding carboxylic acids is 1. The van der Waals surface area contributed by atoms with Crippen LogP contribution in [0.4, 0.5) is 11.4 Å². The fourth-order valence-corrected chi connectivity index (χ4v) is 3.97. The van der Waals surface area contributed by atoms with Gasteiger partial charge in [-0.25, -0.2) is 5.01 Å². The van der Waals surface area contributed by atoms with Gasteiger partial charge >= 0.3 is 0 Å². The molecule has 3 rings (SSSR count). The Morgan fingerprint density at radius 3 is 2.50 bits per heavy atom. The lowest BCUT2D eigenvalue weighted by molar-refractivity contribution is -0.126. The summed E-state index contributed by atoms with van der Waals surface area (Å²) >= 11 is 6.85. The first-order valence-corrected chi connectivity index (χ1v) is 8.99. The second kappa shape index (κ2) is 7.23. The zero-order valence-electron chi connectivity index (χ0n) is 13.6. The van der Waals surface area contributed by atoms with E-state index >= 15 is 0 Å². The number of aryl methyl sites for hydroxylation is 1. The predicted octanol–water partition coefficient (Wildman–Crippen LogP) is 3.69. The fourth-order valence-electron chi connectivity index (χ4n) is 2.49. The number of amides is 1. The molecule has 124 valence electrons. The molecule has 1 N–H and O–H groups in total. The molecule has 24 heavy (non-hydrogen) atoms. The summed E-state index contributed by atoms with van der Waals surface area (Å²) in [7, 11) is 1.86. The smallest absolute Gasteiger partial charge is 0.262 e. The Labute approximate surface area is 151 Å². The largest absolute Gasteiger partial charge is 0.383 e. The van der Waals surface area contributed by atoms with Crippen LogP contribution in [0.5, 0.6) is 0 Å². The van der Waals surface area contributed by atoms with Crippen molar-refractivity contribution in [2.45, 2.75) is 12.2 Å². The molecule has 2 aromatic carbocycles. The number of benzene rings is 2. The van der Waals surface area contributed by atoms with Gasteiger partial charge in [0.15, 0.2) is 4.32 Å². The van der Waals surface area contributed by atoms with Gasteiger partial charge in [-0.2, -0.15) is 0 Å². The Hall–Kier alpha value is -2.05. The van der Waals surface area contributed by atoms with Gasteiger partial charge in [0.2, 0.25) is 0 Å². The molecule has 2 aromatic rings. The van der Waals surface area contributed by atoms with Gasteiger partial charge in [0, 0.05) is 19.3 Å². The Morgan fingerprint density at radius 2 is 1.83 bits per heavy atom. The standard InChI is InChI=1S/C18H19N3OS2/c1-13-8-10-14(11-9-13)19-12-16-17(22)21(18(23)24-16)20(2)15-6-4-3-5-7-15/h3-11,16,19H,12H2,1-2H3. The van der Waals surface area contributed by atoms with Crippen LogP contribution >= 0.6 is 24.0 Å². The molecule has 6 heteroatoms. The second-order valence-corrected chi connectivity index (χ2v) is 7.47. The normalized spacial score (nSPS) is 17.2. The average Bonchev–Trinajstić information content (AvgIpc) is 2.88. The number of hydrogen-bond donors (Lipinski definition) is 1. The van der Waals surface area contributed by atoms with Gasteiger partial charge in [0.25, 0.3) is 5.91 Å². The third-order valence-electron chi connectivity index (χ3n) is 3.87. The van der Waals surface area contributed by atoms with Crippen LogP contribution in [0.1, 0.15) is 5.56 Å². The third-order valence-corrected chi connectivity index (χ3v) is 5.36. The first-order chi connectivity index (χ1) is 11.6. The van der Waals surface area contributed by atoms with Crippen molar-refractivity contribution in [3.8, 4) is 0 Å². The number of rotatable bonds is 5. The van der Waals surface area contributed by atoms with Crippen molar-refractivity contribution < 1.29 is 4.79 Å². The van der Waals surface area contributed by atoms with Crippen molar-refractivity contribution in [3.63, 3.8) is 0 Å². The molecule has 0 radical (unpaired) electrons. The van der Waals surface area contributed by atoms with E-state index in [9.17, 15) is 4.79 Å². The zero-order chi connectivity index (χ0) is 17.1. The Bertz CT molecular complexity index is 734. The van der Waals surface area contributed by atoms with E-state index in [1.54, 1.807) is 5.01 Å². The van der Waals surface area contributed by atoms with E-state index in [2.05, 4.69) is 12.2 Å². The number of hydrogen-bond acceptors (Lipinski definition) is 5. The minimum absolute atomic E-state index is 0.0102. The first kappa shape index (κ1) is 16.8. The van der Waals surface area contributed by atoms with Crippen molar-refractivity contribution in [1.29, 1.82) is 0 Å². The zero-order valence-corrected chi connectivity index (χ0v) is 15.2. The number of thiocarbonyl (C=S) groups is 1. The third kappa shape index (κ3) is 3.55. The molecule has 4 nitrogen and oxygen atoms in total. The van der Waals surface area contributed by atoms with Gasteiger partial charge in [0.1, 0.15) is 5.25 Å². The highest BCUT2D eigenvalue weighted by molar-refractivity contribution is 8.24. The van der Waals surface area contributed by atoms with E-state index in [1.807, 2.05) is 66.7 Å². The van der Waals surface area contributed by atoms with E-state index in [1.165, 1.54) is 17.3 Å². The van der Waals surface area contributed by atoms with Gasteiger partial charge in [-0.1, -0.05) is 59.9 Å². The summed E-state index contributed by atoms with van der Waals surface area (Å²) < 4.78 is 0.585. The number of nitrogens with one attached hydrogen (secondary N) is 1. The molecule has 1 heterocycles. The summed E-state index contributed by atoms with van der Waals surface area (Å²) in [4.78, 5) is 12.7. The summed E-state index contributed by atoms with van der Waals surface area (Å²) in [5.74, 6) is 0.0102. The van der Waals surface area contributed by atoms with Gasteiger partial charge < -0.3 is 5.32 Å². The maximum atomic E-state index is 12.7. The molecular weight excluding hydrogens is 338 g/mol. The summed E-state index contributed by atoms with van der Waals surface area (Å²) in [6.45, 7) is 2.60. The van der Waals surface area contributed by atoms with Crippen molar-refractivity contribution >= 4 is 45.6 Å². The van der Waals surface area contributed by atoms with E-state index in [4.69, 9.17) is 12.2 Å². The molecule has 0 spiro atoms. The molecule has 0 bridgehead atoms. The minimum atomic E-state index is -0.218. The quantitative estimate of drug-likeness (QED) is 0.826. The molecule has 1 aliphatic rings. The van der Waals surface area contributed by atoms with Crippen LogP contribution in [-0.4, -0.2) is 34.1 Å². The molecule has 1 fully saturated rings. The molecule has 0 aromatic heterocycles. The van der Waals surface area contributed by atoms with Crippen LogP contribution in [0.3, 0.4) is 0 Å². The number of carbonyl (C=O) groups is 1. The SMILES string of the molecule is Cc1ccc(NCC2SC(=S)N(N(C)c3ccccc3)C2=O)cc1. The van der Waals surface area contributed by atoms with E-state index in [-0.39, 0.29) is 11.2 Å². The number of para-hydroxylation sites is 1. The van der Waals surface area contributed by atoms with Gasteiger partial charge in [-0.05, 0) is 31.2 Å². The first-order valence-electron chi connectivity index (χ1n) is 7.70. The molecule has 1 unspecified atom stereocenters. The summed E-state index contributed by atoms with van der Waals surface area (Å²) in [6.07, 6.45) is 0. The summed E-state index contributed by atoms with van der Waals surface area (Å²) in [5, 5.41) is 6.49.